The van der Waals surface area contributed by atoms with E-state index in [4.69, 9.17) is 4.74 Å². The Bertz CT molecular complexity index is 315. The van der Waals surface area contributed by atoms with Crippen molar-refractivity contribution in [2.24, 2.45) is 0 Å². The van der Waals surface area contributed by atoms with Crippen LogP contribution in [0.2, 0.25) is 0 Å². The number of rotatable bonds is 3. The Kier molecular flexibility index (Phi) is 3.93. The normalized spacial score (nSPS) is 26.9. The monoisotopic (exact) mass is 221 g/mol. The molecule has 1 heterocycles. The third kappa shape index (κ3) is 2.82. The molecule has 3 heteroatoms. The van der Waals surface area contributed by atoms with Crippen LogP contribution in [0.1, 0.15) is 12.0 Å². The Morgan fingerprint density at radius 3 is 2.81 bits per heavy atom. The first-order valence-corrected chi connectivity index (χ1v) is 5.76. The summed E-state index contributed by atoms with van der Waals surface area (Å²) < 4.78 is 5.28. The largest absolute Gasteiger partial charge is 0.390 e. The molecule has 1 aliphatic heterocycles. The zero-order valence-electron chi connectivity index (χ0n) is 9.67. The molecule has 1 aromatic rings. The first-order chi connectivity index (χ1) is 7.79. The average Bonchev–Trinajstić information content (AvgIpc) is 2.33. The number of aliphatic hydroxyl groups is 1. The van der Waals surface area contributed by atoms with E-state index in [0.717, 1.165) is 26.1 Å². The fourth-order valence-corrected chi connectivity index (χ4v) is 2.19. The third-order valence-electron chi connectivity index (χ3n) is 3.16. The summed E-state index contributed by atoms with van der Waals surface area (Å²) in [7, 11) is 1.67. The molecule has 0 spiro atoms. The molecule has 3 nitrogen and oxygen atoms in total. The minimum atomic E-state index is -0.308. The van der Waals surface area contributed by atoms with Gasteiger partial charge in [0.1, 0.15) is 0 Å². The van der Waals surface area contributed by atoms with Crippen LogP contribution in [-0.4, -0.2) is 42.4 Å². The lowest BCUT2D eigenvalue weighted by Gasteiger charge is -2.35. The second kappa shape index (κ2) is 5.43. The van der Waals surface area contributed by atoms with Crippen molar-refractivity contribution in [1.29, 1.82) is 0 Å². The van der Waals surface area contributed by atoms with Gasteiger partial charge in [-0.05, 0) is 12.0 Å². The molecule has 1 N–H and O–H groups in total. The van der Waals surface area contributed by atoms with Crippen molar-refractivity contribution in [3.8, 4) is 0 Å². The van der Waals surface area contributed by atoms with E-state index in [0.29, 0.717) is 0 Å². The number of likely N-dealkylation sites (tertiary alicyclic amines) is 1. The molecule has 2 atom stereocenters. The maximum absolute atomic E-state index is 9.70. The van der Waals surface area contributed by atoms with E-state index in [1.54, 1.807) is 7.11 Å². The van der Waals surface area contributed by atoms with Crippen LogP contribution in [0.5, 0.6) is 0 Å². The van der Waals surface area contributed by atoms with Crippen LogP contribution in [0.3, 0.4) is 0 Å². The molecule has 2 rings (SSSR count). The summed E-state index contributed by atoms with van der Waals surface area (Å²) in [5.41, 5.74) is 1.31. The molecule has 0 unspecified atom stereocenters. The Balaban J connectivity index is 1.92. The van der Waals surface area contributed by atoms with Gasteiger partial charge in [0.15, 0.2) is 0 Å². The third-order valence-corrected chi connectivity index (χ3v) is 3.16. The number of aliphatic hydroxyl groups excluding tert-OH is 1. The number of ether oxygens (including phenoxy) is 1. The van der Waals surface area contributed by atoms with E-state index in [9.17, 15) is 5.11 Å². The average molecular weight is 221 g/mol. The van der Waals surface area contributed by atoms with Gasteiger partial charge in [-0.1, -0.05) is 30.3 Å². The number of benzene rings is 1. The fourth-order valence-electron chi connectivity index (χ4n) is 2.19. The molecular formula is C13H19NO2. The minimum absolute atomic E-state index is 0.0440. The highest BCUT2D eigenvalue weighted by atomic mass is 16.5. The number of piperidine rings is 1. The van der Waals surface area contributed by atoms with Crippen molar-refractivity contribution in [2.75, 3.05) is 20.2 Å². The zero-order chi connectivity index (χ0) is 11.4. The van der Waals surface area contributed by atoms with Crippen molar-refractivity contribution >= 4 is 0 Å². The molecule has 0 amide bonds. The van der Waals surface area contributed by atoms with Crippen LogP contribution in [0.15, 0.2) is 30.3 Å². The van der Waals surface area contributed by atoms with Gasteiger partial charge in [0, 0.05) is 26.7 Å². The van der Waals surface area contributed by atoms with E-state index >= 15 is 0 Å². The summed E-state index contributed by atoms with van der Waals surface area (Å²) >= 11 is 0. The summed E-state index contributed by atoms with van der Waals surface area (Å²) in [6.07, 6.45) is 0.445. The molecule has 0 saturated carbocycles. The van der Waals surface area contributed by atoms with Crippen molar-refractivity contribution in [3.05, 3.63) is 35.9 Å². The van der Waals surface area contributed by atoms with E-state index < -0.39 is 0 Å². The Labute approximate surface area is 96.6 Å². The van der Waals surface area contributed by atoms with Crippen LogP contribution in [0, 0.1) is 0 Å². The van der Waals surface area contributed by atoms with Crippen molar-refractivity contribution in [3.63, 3.8) is 0 Å². The lowest BCUT2D eigenvalue weighted by Crippen LogP contribution is -2.47. The molecule has 88 valence electrons. The molecule has 1 aromatic carbocycles. The first-order valence-electron chi connectivity index (χ1n) is 5.76. The second-order valence-corrected chi connectivity index (χ2v) is 4.35. The predicted molar refractivity (Wildman–Crippen MR) is 63.1 cm³/mol. The highest BCUT2D eigenvalue weighted by Gasteiger charge is 2.27. The number of hydrogen-bond donors (Lipinski definition) is 1. The lowest BCUT2D eigenvalue weighted by atomic mass is 10.0. The smallest absolute Gasteiger partial charge is 0.0957 e. The summed E-state index contributed by atoms with van der Waals surface area (Å²) in [4.78, 5) is 2.33. The SMILES string of the molecule is CO[C@H]1CN(Cc2ccccc2)CC[C@H]1O. The molecule has 16 heavy (non-hydrogen) atoms. The molecular weight excluding hydrogens is 202 g/mol. The van der Waals surface area contributed by atoms with E-state index in [1.807, 2.05) is 6.07 Å². The van der Waals surface area contributed by atoms with Crippen LogP contribution in [0.25, 0.3) is 0 Å². The van der Waals surface area contributed by atoms with Crippen LogP contribution >= 0.6 is 0 Å². The quantitative estimate of drug-likeness (QED) is 0.834. The summed E-state index contributed by atoms with van der Waals surface area (Å²) in [5, 5.41) is 9.70. The number of methoxy groups -OCH3 is 1. The van der Waals surface area contributed by atoms with Crippen molar-refractivity contribution in [1.82, 2.24) is 4.90 Å². The van der Waals surface area contributed by atoms with Crippen LogP contribution in [-0.2, 0) is 11.3 Å². The Morgan fingerprint density at radius 1 is 1.38 bits per heavy atom. The molecule has 1 aliphatic rings. The second-order valence-electron chi connectivity index (χ2n) is 4.35. The maximum Gasteiger partial charge on any atom is 0.0957 e. The van der Waals surface area contributed by atoms with Crippen LogP contribution < -0.4 is 0 Å². The van der Waals surface area contributed by atoms with Gasteiger partial charge in [0.05, 0.1) is 12.2 Å². The van der Waals surface area contributed by atoms with Gasteiger partial charge in [-0.3, -0.25) is 4.90 Å². The van der Waals surface area contributed by atoms with E-state index in [2.05, 4.69) is 29.2 Å². The molecule has 1 fully saturated rings. The van der Waals surface area contributed by atoms with Gasteiger partial charge in [-0.2, -0.15) is 0 Å². The maximum atomic E-state index is 9.70. The Hall–Kier alpha value is -0.900. The topological polar surface area (TPSA) is 32.7 Å². The van der Waals surface area contributed by atoms with Gasteiger partial charge in [0.2, 0.25) is 0 Å². The molecule has 0 aromatic heterocycles. The van der Waals surface area contributed by atoms with Crippen molar-refractivity contribution in [2.45, 2.75) is 25.2 Å². The minimum Gasteiger partial charge on any atom is -0.390 e. The number of nitrogens with zero attached hydrogens (tertiary/aromatic N) is 1. The van der Waals surface area contributed by atoms with Crippen LogP contribution in [0.4, 0.5) is 0 Å². The zero-order valence-corrected chi connectivity index (χ0v) is 9.67. The molecule has 0 radical (unpaired) electrons. The first kappa shape index (κ1) is 11.6. The Morgan fingerprint density at radius 2 is 2.12 bits per heavy atom. The highest BCUT2D eigenvalue weighted by Crippen LogP contribution is 2.15. The summed E-state index contributed by atoms with van der Waals surface area (Å²) in [6, 6.07) is 10.4. The molecule has 1 saturated heterocycles. The van der Waals surface area contributed by atoms with Crippen molar-refractivity contribution < 1.29 is 9.84 Å². The van der Waals surface area contributed by atoms with E-state index in [1.165, 1.54) is 5.56 Å². The lowest BCUT2D eigenvalue weighted by molar-refractivity contribution is -0.0625. The van der Waals surface area contributed by atoms with Gasteiger partial charge in [-0.15, -0.1) is 0 Å². The van der Waals surface area contributed by atoms with E-state index in [-0.39, 0.29) is 12.2 Å². The number of hydrogen-bond acceptors (Lipinski definition) is 3. The summed E-state index contributed by atoms with van der Waals surface area (Å²) in [5.74, 6) is 0. The highest BCUT2D eigenvalue weighted by molar-refractivity contribution is 5.14. The fraction of sp³-hybridized carbons (Fsp3) is 0.538. The summed E-state index contributed by atoms with van der Waals surface area (Å²) in [6.45, 7) is 2.69. The standard InChI is InChI=1S/C13H19NO2/c1-16-13-10-14(8-7-12(13)15)9-11-5-3-2-4-6-11/h2-6,12-13,15H,7-10H2,1H3/t12-,13+/m1/s1. The van der Waals surface area contributed by atoms with Gasteiger partial charge < -0.3 is 9.84 Å². The molecule has 0 bridgehead atoms. The molecule has 0 aliphatic carbocycles. The predicted octanol–water partition coefficient (Wildman–Crippen LogP) is 1.27. The van der Waals surface area contributed by atoms with Gasteiger partial charge >= 0.3 is 0 Å². The van der Waals surface area contributed by atoms with Gasteiger partial charge in [0.25, 0.3) is 0 Å². The van der Waals surface area contributed by atoms with Gasteiger partial charge in [-0.25, -0.2) is 0 Å².